The molecule has 2 aromatic heterocycles. The van der Waals surface area contributed by atoms with Gasteiger partial charge in [0.15, 0.2) is 0 Å². The first-order valence-electron chi connectivity index (χ1n) is 24.8. The number of aliphatic hydroxyl groups excluding tert-OH is 2. The Morgan fingerprint density at radius 3 is 1.55 bits per heavy atom. The number of fused-ring (bicyclic) bond motifs is 12. The molecule has 9 nitrogen and oxygen atoms in total. The van der Waals surface area contributed by atoms with E-state index in [9.17, 15) is 9.90 Å². The van der Waals surface area contributed by atoms with Crippen LogP contribution in [0.1, 0.15) is 125 Å². The molecular weight excluding hydrogens is 832 g/mol. The monoisotopic (exact) mass is 905 g/mol. The normalized spacial score (nSPS) is 36.9. The van der Waals surface area contributed by atoms with Crippen molar-refractivity contribution in [3.63, 3.8) is 0 Å². The molecule has 0 bridgehead atoms. The van der Waals surface area contributed by atoms with Gasteiger partial charge in [-0.2, -0.15) is 7.11 Å². The first kappa shape index (κ1) is 49.1. The first-order valence-corrected chi connectivity index (χ1v) is 24.8. The van der Waals surface area contributed by atoms with E-state index in [0.717, 1.165) is 93.4 Å². The standard InChI is InChI=1S/C28H34N2O2.C26H32N2O.CH4O.CH3O.Na/c1-18(31)32-20-12-14-27(2)19(16-20)8-9-21-22-10-11-26(28(22,3)15-13-23(21)27)30-17-29-24-6-4-5-7-25(24)30;1-25-13-11-18(29)15-17(25)7-8-19-20-9-10-24(26(20,2)14-12-21(19)25)28-16-27-22-5-3-4-6-23(22)28;2*1-2;/h4-8,11,17,20-23H,9-10,12-16H2,1-3H3;3-7,10,16,18-21,29H,8-9,11-15H2,1-2H3;2H,1H3;1H3;/q;;;-1;+1/t20-,21?,22?,23?,27+,28+;18-,19?,20?,21?,25+,26+;;;/m11.../s1. The Labute approximate surface area is 415 Å². The summed E-state index contributed by atoms with van der Waals surface area (Å²) in [6.07, 6.45) is 30.1. The van der Waals surface area contributed by atoms with Crippen molar-refractivity contribution in [3.05, 3.63) is 96.6 Å². The summed E-state index contributed by atoms with van der Waals surface area (Å²) in [5.41, 5.74) is 11.7. The maximum absolute atomic E-state index is 11.5. The number of ether oxygens (including phenoxy) is 1. The number of hydrogen-bond acceptors (Lipinski definition) is 7. The summed E-state index contributed by atoms with van der Waals surface area (Å²) in [6, 6.07) is 17.0. The van der Waals surface area contributed by atoms with Crippen molar-refractivity contribution < 1.29 is 54.4 Å². The molecule has 2 heterocycles. The number of benzene rings is 2. The minimum absolute atomic E-state index is 0. The molecule has 0 saturated heterocycles. The number of hydrogen-bond donors (Lipinski definition) is 2. The minimum atomic E-state index is -0.141. The van der Waals surface area contributed by atoms with E-state index in [1.165, 1.54) is 80.7 Å². The summed E-state index contributed by atoms with van der Waals surface area (Å²) < 4.78 is 10.3. The largest absolute Gasteiger partial charge is 1.00 e. The maximum Gasteiger partial charge on any atom is 1.00 e. The number of esters is 1. The molecule has 10 heteroatoms. The smallest absolute Gasteiger partial charge is 0.857 e. The Hall–Kier alpha value is -3.31. The third kappa shape index (κ3) is 7.97. The van der Waals surface area contributed by atoms with Gasteiger partial charge in [0, 0.05) is 42.7 Å². The van der Waals surface area contributed by atoms with Gasteiger partial charge in [-0.15, -0.1) is 0 Å². The molecule has 2 aromatic carbocycles. The third-order valence-electron chi connectivity index (χ3n) is 19.0. The van der Waals surface area contributed by atoms with Crippen molar-refractivity contribution in [2.24, 2.45) is 57.2 Å². The molecule has 8 aliphatic rings. The molecule has 348 valence electrons. The fourth-order valence-electron chi connectivity index (χ4n) is 15.7. The Morgan fingerprint density at radius 2 is 1.06 bits per heavy atom. The van der Waals surface area contributed by atoms with E-state index in [1.54, 1.807) is 11.1 Å². The Kier molecular flexibility index (Phi) is 14.3. The number of allylic oxidation sites excluding steroid dienone is 6. The van der Waals surface area contributed by atoms with Crippen LogP contribution < -0.4 is 34.7 Å². The molecule has 8 aliphatic carbocycles. The second-order valence-electron chi connectivity index (χ2n) is 21.7. The molecule has 0 spiro atoms. The zero-order chi connectivity index (χ0) is 45.9. The van der Waals surface area contributed by atoms with Gasteiger partial charge in [0.05, 0.1) is 28.2 Å². The molecule has 6 unspecified atom stereocenters. The van der Waals surface area contributed by atoms with Crippen molar-refractivity contribution in [2.45, 2.75) is 137 Å². The second kappa shape index (κ2) is 19.2. The van der Waals surface area contributed by atoms with Gasteiger partial charge in [0.1, 0.15) is 18.8 Å². The van der Waals surface area contributed by atoms with Crippen molar-refractivity contribution in [2.75, 3.05) is 14.2 Å². The van der Waals surface area contributed by atoms with Crippen LogP contribution in [-0.2, 0) is 9.53 Å². The molecular formula is C56H73N4NaO5. The topological polar surface area (TPSA) is 125 Å². The van der Waals surface area contributed by atoms with Crippen LogP contribution in [0, 0.1) is 57.2 Å². The Balaban J connectivity index is 0.000000165. The molecule has 4 fully saturated rings. The number of carbonyl (C=O) groups excluding carboxylic acids is 1. The van der Waals surface area contributed by atoms with Gasteiger partial charge in [0.25, 0.3) is 0 Å². The number of aliphatic hydroxyl groups is 2. The SMILES string of the molecule is CC(=O)O[C@@H]1CC[C@@]2(C)C(=CCC3C2CC[C@]2(C)C(n4cnc5ccccc54)=CCC32)C1.CO.C[C@]12CC[C@@H](O)CC1=CCC1C2CC[C@]2(C)C(n3cnc4ccccc43)=CCC12.C[O-].[Na+]. The number of rotatable bonds is 3. The zero-order valence-corrected chi connectivity index (χ0v) is 43.0. The van der Waals surface area contributed by atoms with Crippen LogP contribution in [0.15, 0.2) is 96.6 Å². The summed E-state index contributed by atoms with van der Waals surface area (Å²) in [6.45, 7) is 11.6. The average molecular weight is 905 g/mol. The van der Waals surface area contributed by atoms with E-state index in [0.29, 0.717) is 11.3 Å². The van der Waals surface area contributed by atoms with Crippen LogP contribution in [0.25, 0.3) is 33.5 Å². The molecule has 4 aromatic rings. The molecule has 4 saturated carbocycles. The summed E-state index contributed by atoms with van der Waals surface area (Å²) in [7, 11) is 1.75. The summed E-state index contributed by atoms with van der Waals surface area (Å²) in [5, 5.41) is 25.5. The van der Waals surface area contributed by atoms with Crippen molar-refractivity contribution >= 4 is 39.4 Å². The van der Waals surface area contributed by atoms with E-state index in [4.69, 9.17) is 14.9 Å². The predicted molar refractivity (Wildman–Crippen MR) is 258 cm³/mol. The number of nitrogens with zero attached hydrogens (tertiary/aromatic N) is 4. The number of para-hydroxylation sites is 4. The number of imidazole rings is 2. The van der Waals surface area contributed by atoms with E-state index in [2.05, 4.69) is 120 Å². The Morgan fingerprint density at radius 1 is 0.621 bits per heavy atom. The average Bonchev–Trinajstić information content (AvgIpc) is 4.10. The maximum atomic E-state index is 11.5. The van der Waals surface area contributed by atoms with Crippen LogP contribution >= 0.6 is 0 Å². The summed E-state index contributed by atoms with van der Waals surface area (Å²) in [5.74, 6) is 4.29. The third-order valence-corrected chi connectivity index (χ3v) is 19.0. The molecule has 0 amide bonds. The first-order chi connectivity index (χ1) is 31.4. The van der Waals surface area contributed by atoms with E-state index >= 15 is 0 Å². The van der Waals surface area contributed by atoms with Gasteiger partial charge < -0.3 is 29.2 Å². The zero-order valence-electron chi connectivity index (χ0n) is 41.0. The minimum Gasteiger partial charge on any atom is -0.857 e. The molecule has 12 rings (SSSR count). The molecule has 66 heavy (non-hydrogen) atoms. The van der Waals surface area contributed by atoms with Gasteiger partial charge in [-0.25, -0.2) is 9.97 Å². The van der Waals surface area contributed by atoms with E-state index < -0.39 is 0 Å². The van der Waals surface area contributed by atoms with Crippen molar-refractivity contribution in [1.82, 2.24) is 19.1 Å². The fourth-order valence-corrected chi connectivity index (χ4v) is 15.7. The van der Waals surface area contributed by atoms with Crippen LogP contribution in [0.5, 0.6) is 0 Å². The van der Waals surface area contributed by atoms with Crippen LogP contribution in [0.4, 0.5) is 0 Å². The fraction of sp³-hybridized carbons (Fsp3) is 0.589. The van der Waals surface area contributed by atoms with Gasteiger partial charge in [-0.1, -0.05) is 87.4 Å². The van der Waals surface area contributed by atoms with Crippen molar-refractivity contribution in [3.8, 4) is 0 Å². The predicted octanol–water partition coefficient (Wildman–Crippen LogP) is 7.78. The van der Waals surface area contributed by atoms with E-state index in [-0.39, 0.29) is 64.0 Å². The van der Waals surface area contributed by atoms with E-state index in [1.807, 2.05) is 12.7 Å². The second-order valence-corrected chi connectivity index (χ2v) is 21.7. The van der Waals surface area contributed by atoms with Crippen LogP contribution in [0.2, 0.25) is 0 Å². The van der Waals surface area contributed by atoms with Gasteiger partial charge >= 0.3 is 35.5 Å². The summed E-state index contributed by atoms with van der Waals surface area (Å²) in [4.78, 5) is 20.9. The molecule has 0 aliphatic heterocycles. The van der Waals surface area contributed by atoms with Gasteiger partial charge in [-0.3, -0.25) is 4.79 Å². The van der Waals surface area contributed by atoms with Gasteiger partial charge in [0.2, 0.25) is 0 Å². The quantitative estimate of drug-likeness (QED) is 0.122. The molecule has 12 atom stereocenters. The van der Waals surface area contributed by atoms with Crippen molar-refractivity contribution in [1.29, 1.82) is 0 Å². The summed E-state index contributed by atoms with van der Waals surface area (Å²) >= 11 is 0. The molecule has 0 radical (unpaired) electrons. The number of carbonyl (C=O) groups is 1. The van der Waals surface area contributed by atoms with Gasteiger partial charge in [-0.05, 0) is 154 Å². The van der Waals surface area contributed by atoms with Crippen LogP contribution in [-0.4, -0.2) is 61.7 Å². The van der Waals surface area contributed by atoms with Crippen LogP contribution in [0.3, 0.4) is 0 Å². The number of aromatic nitrogens is 4. The molecule has 2 N–H and O–H groups in total. The Bertz CT molecular complexity index is 2540.